The summed E-state index contributed by atoms with van der Waals surface area (Å²) in [6, 6.07) is 3.61. The molecule has 0 aliphatic heterocycles. The number of rotatable bonds is 2. The maximum absolute atomic E-state index is 5.36. The van der Waals surface area contributed by atoms with Crippen molar-refractivity contribution in [2.24, 2.45) is 5.73 Å². The van der Waals surface area contributed by atoms with Crippen molar-refractivity contribution < 1.29 is 4.74 Å². The van der Waals surface area contributed by atoms with Gasteiger partial charge in [0.05, 0.1) is 12.8 Å². The van der Waals surface area contributed by atoms with Gasteiger partial charge in [0.25, 0.3) is 0 Å². The molecule has 62 valence electrons. The molecule has 3 nitrogen and oxygen atoms in total. The van der Waals surface area contributed by atoms with Crippen molar-refractivity contribution in [1.29, 1.82) is 0 Å². The molecule has 0 aromatic carbocycles. The Bertz CT molecular complexity index is 198. The summed E-state index contributed by atoms with van der Waals surface area (Å²) in [7, 11) is 1.62. The smallest absolute Gasteiger partial charge is 0.122 e. The Morgan fingerprint density at radius 2 is 2.36 bits per heavy atom. The number of hydrogen-bond donors (Lipinski definition) is 1. The Hall–Kier alpha value is -0.800. The number of nitrogens with two attached hydrogens (primary N) is 1. The molecule has 0 bridgehead atoms. The summed E-state index contributed by atoms with van der Waals surface area (Å²) < 4.78 is 4.96. The van der Waals surface area contributed by atoms with Crippen molar-refractivity contribution in [2.45, 2.75) is 6.54 Å². The lowest BCUT2D eigenvalue weighted by Gasteiger charge is -1.99. The standard InChI is InChI=1S/C7H10N2O.ClH/c1-10-7-2-3-9-6(4-7)5-8;/h2-4H,5,8H2,1H3;1H. The van der Waals surface area contributed by atoms with E-state index in [-0.39, 0.29) is 12.4 Å². The van der Waals surface area contributed by atoms with Gasteiger partial charge in [0, 0.05) is 18.8 Å². The van der Waals surface area contributed by atoms with Crippen molar-refractivity contribution in [2.75, 3.05) is 7.11 Å². The first-order valence-corrected chi connectivity index (χ1v) is 3.06. The quantitative estimate of drug-likeness (QED) is 0.727. The number of pyridine rings is 1. The first-order valence-electron chi connectivity index (χ1n) is 3.06. The van der Waals surface area contributed by atoms with Crippen LogP contribution in [0.5, 0.6) is 5.75 Å². The minimum Gasteiger partial charge on any atom is -0.497 e. The number of nitrogens with zero attached hydrogens (tertiary/aromatic N) is 1. The van der Waals surface area contributed by atoms with Crippen molar-refractivity contribution in [3.05, 3.63) is 24.0 Å². The van der Waals surface area contributed by atoms with Gasteiger partial charge in [0.1, 0.15) is 5.75 Å². The highest BCUT2D eigenvalue weighted by Gasteiger charge is 1.92. The highest BCUT2D eigenvalue weighted by Crippen LogP contribution is 2.08. The van der Waals surface area contributed by atoms with Gasteiger partial charge in [0.2, 0.25) is 0 Å². The van der Waals surface area contributed by atoms with E-state index in [2.05, 4.69) is 4.98 Å². The summed E-state index contributed by atoms with van der Waals surface area (Å²) in [5.41, 5.74) is 6.20. The molecule has 0 amide bonds. The fraction of sp³-hybridized carbons (Fsp3) is 0.286. The van der Waals surface area contributed by atoms with E-state index < -0.39 is 0 Å². The highest BCUT2D eigenvalue weighted by molar-refractivity contribution is 5.85. The Kier molecular flexibility index (Phi) is 4.57. The monoisotopic (exact) mass is 174 g/mol. The maximum Gasteiger partial charge on any atom is 0.122 e. The molecular formula is C7H11ClN2O. The van der Waals surface area contributed by atoms with E-state index in [4.69, 9.17) is 10.5 Å². The molecule has 0 fully saturated rings. The largest absolute Gasteiger partial charge is 0.497 e. The topological polar surface area (TPSA) is 48.1 Å². The predicted molar refractivity (Wildman–Crippen MR) is 45.9 cm³/mol. The molecular weight excluding hydrogens is 164 g/mol. The SMILES string of the molecule is COc1ccnc(CN)c1.Cl. The van der Waals surface area contributed by atoms with Crippen molar-refractivity contribution in [3.63, 3.8) is 0 Å². The van der Waals surface area contributed by atoms with Crippen molar-refractivity contribution >= 4 is 12.4 Å². The van der Waals surface area contributed by atoms with Crippen LogP contribution in [0.3, 0.4) is 0 Å². The Morgan fingerprint density at radius 3 is 2.91 bits per heavy atom. The first-order chi connectivity index (χ1) is 4.86. The van der Waals surface area contributed by atoms with E-state index >= 15 is 0 Å². The van der Waals surface area contributed by atoms with Crippen molar-refractivity contribution in [3.8, 4) is 5.75 Å². The summed E-state index contributed by atoms with van der Waals surface area (Å²) in [5.74, 6) is 0.801. The summed E-state index contributed by atoms with van der Waals surface area (Å²) in [5, 5.41) is 0. The third kappa shape index (κ3) is 2.74. The van der Waals surface area contributed by atoms with Crippen LogP contribution in [0.25, 0.3) is 0 Å². The van der Waals surface area contributed by atoms with Crippen LogP contribution in [0.1, 0.15) is 5.69 Å². The first kappa shape index (κ1) is 10.2. The molecule has 0 saturated carbocycles. The molecule has 1 aromatic heterocycles. The van der Waals surface area contributed by atoms with Crippen LogP contribution in [-0.4, -0.2) is 12.1 Å². The van der Waals surface area contributed by atoms with Crippen LogP contribution in [0.2, 0.25) is 0 Å². The van der Waals surface area contributed by atoms with Gasteiger partial charge in [-0.05, 0) is 6.07 Å². The van der Waals surface area contributed by atoms with E-state index in [1.54, 1.807) is 19.4 Å². The van der Waals surface area contributed by atoms with E-state index in [0.717, 1.165) is 11.4 Å². The molecule has 0 aliphatic rings. The third-order valence-corrected chi connectivity index (χ3v) is 1.23. The number of hydrogen-bond acceptors (Lipinski definition) is 3. The highest BCUT2D eigenvalue weighted by atomic mass is 35.5. The second-order valence-electron chi connectivity index (χ2n) is 1.89. The number of aromatic nitrogens is 1. The van der Waals surface area contributed by atoms with Crippen LogP contribution in [0.15, 0.2) is 18.3 Å². The molecule has 0 atom stereocenters. The fourth-order valence-electron chi connectivity index (χ4n) is 0.695. The molecule has 0 spiro atoms. The summed E-state index contributed by atoms with van der Waals surface area (Å²) in [6.07, 6.45) is 1.68. The van der Waals surface area contributed by atoms with Crippen LogP contribution in [0, 0.1) is 0 Å². The zero-order valence-electron chi connectivity index (χ0n) is 6.28. The zero-order chi connectivity index (χ0) is 7.40. The van der Waals surface area contributed by atoms with Gasteiger partial charge in [-0.15, -0.1) is 12.4 Å². The fourth-order valence-corrected chi connectivity index (χ4v) is 0.695. The lowest BCUT2D eigenvalue weighted by atomic mass is 10.3. The third-order valence-electron chi connectivity index (χ3n) is 1.23. The van der Waals surface area contributed by atoms with Crippen LogP contribution >= 0.6 is 12.4 Å². The second-order valence-corrected chi connectivity index (χ2v) is 1.89. The average molecular weight is 175 g/mol. The lowest BCUT2D eigenvalue weighted by Crippen LogP contribution is -1.99. The van der Waals surface area contributed by atoms with Crippen LogP contribution in [0.4, 0.5) is 0 Å². The minimum absolute atomic E-state index is 0. The van der Waals surface area contributed by atoms with Gasteiger partial charge in [-0.25, -0.2) is 0 Å². The van der Waals surface area contributed by atoms with Gasteiger partial charge in [0.15, 0.2) is 0 Å². The molecule has 2 N–H and O–H groups in total. The molecule has 0 radical (unpaired) electrons. The van der Waals surface area contributed by atoms with Gasteiger partial charge >= 0.3 is 0 Å². The van der Waals surface area contributed by atoms with E-state index in [1.165, 1.54) is 0 Å². The molecule has 4 heteroatoms. The average Bonchev–Trinajstić information content (AvgIpc) is 2.05. The summed E-state index contributed by atoms with van der Waals surface area (Å²) in [4.78, 5) is 4.00. The van der Waals surface area contributed by atoms with Gasteiger partial charge in [-0.1, -0.05) is 0 Å². The van der Waals surface area contributed by atoms with Crippen LogP contribution < -0.4 is 10.5 Å². The van der Waals surface area contributed by atoms with E-state index in [9.17, 15) is 0 Å². The molecule has 1 rings (SSSR count). The normalized spacial score (nSPS) is 8.55. The molecule has 0 aliphatic carbocycles. The molecule has 11 heavy (non-hydrogen) atoms. The molecule has 0 saturated heterocycles. The number of ether oxygens (including phenoxy) is 1. The zero-order valence-corrected chi connectivity index (χ0v) is 7.10. The van der Waals surface area contributed by atoms with Gasteiger partial charge < -0.3 is 10.5 Å². The van der Waals surface area contributed by atoms with Crippen molar-refractivity contribution in [1.82, 2.24) is 4.98 Å². The van der Waals surface area contributed by atoms with Crippen LogP contribution in [-0.2, 0) is 6.54 Å². The van der Waals surface area contributed by atoms with Gasteiger partial charge in [-0.2, -0.15) is 0 Å². The Morgan fingerprint density at radius 1 is 1.64 bits per heavy atom. The summed E-state index contributed by atoms with van der Waals surface area (Å²) >= 11 is 0. The Balaban J connectivity index is 0.000001000. The molecule has 1 heterocycles. The maximum atomic E-state index is 5.36. The summed E-state index contributed by atoms with van der Waals surface area (Å²) in [6.45, 7) is 0.456. The predicted octanol–water partition coefficient (Wildman–Crippen LogP) is 0.971. The minimum atomic E-state index is 0. The number of halogens is 1. The lowest BCUT2D eigenvalue weighted by molar-refractivity contribution is 0.413. The Labute approximate surface area is 72.0 Å². The molecule has 1 aromatic rings. The van der Waals surface area contributed by atoms with E-state index in [1.807, 2.05) is 6.07 Å². The van der Waals surface area contributed by atoms with Gasteiger partial charge in [-0.3, -0.25) is 4.98 Å². The number of methoxy groups -OCH3 is 1. The molecule has 0 unspecified atom stereocenters. The second kappa shape index (κ2) is 4.93. The van der Waals surface area contributed by atoms with E-state index in [0.29, 0.717) is 6.54 Å².